The van der Waals surface area contributed by atoms with Gasteiger partial charge in [-0.2, -0.15) is 0 Å². The molecule has 0 heterocycles. The Hall–Kier alpha value is -0.900. The van der Waals surface area contributed by atoms with E-state index in [0.717, 1.165) is 26.1 Å². The Morgan fingerprint density at radius 1 is 1.29 bits per heavy atom. The predicted octanol–water partition coefficient (Wildman–Crippen LogP) is 1.87. The zero-order valence-corrected chi connectivity index (χ0v) is 10.9. The summed E-state index contributed by atoms with van der Waals surface area (Å²) in [6.07, 6.45) is 1.04. The summed E-state index contributed by atoms with van der Waals surface area (Å²) in [7, 11) is 2.12. The third kappa shape index (κ3) is 5.82. The normalized spacial score (nSPS) is 12.9. The van der Waals surface area contributed by atoms with Crippen molar-refractivity contribution >= 4 is 0 Å². The fraction of sp³-hybridized carbons (Fsp3) is 0.571. The number of rotatable bonds is 8. The number of benzene rings is 1. The topological polar surface area (TPSA) is 38.5 Å². The summed E-state index contributed by atoms with van der Waals surface area (Å²) >= 11 is 0. The first-order chi connectivity index (χ1) is 8.24. The molecule has 1 aromatic carbocycles. The first-order valence-electron chi connectivity index (χ1n) is 6.26. The standard InChI is InChI=1S/C14H24N2O/c1-13(8-9-15)16(2)10-11-17-12-14-6-4-3-5-7-14/h3-7,13H,8-12,15H2,1-2H3. The van der Waals surface area contributed by atoms with Crippen molar-refractivity contribution in [3.05, 3.63) is 35.9 Å². The second kappa shape index (κ2) is 8.23. The van der Waals surface area contributed by atoms with E-state index in [9.17, 15) is 0 Å². The molecule has 1 rings (SSSR count). The molecule has 3 heteroatoms. The fourth-order valence-electron chi connectivity index (χ4n) is 1.65. The van der Waals surface area contributed by atoms with Gasteiger partial charge >= 0.3 is 0 Å². The van der Waals surface area contributed by atoms with E-state index in [4.69, 9.17) is 10.5 Å². The number of hydrogen-bond acceptors (Lipinski definition) is 3. The molecule has 1 aromatic rings. The van der Waals surface area contributed by atoms with Crippen LogP contribution in [0.25, 0.3) is 0 Å². The summed E-state index contributed by atoms with van der Waals surface area (Å²) in [6, 6.07) is 10.8. The lowest BCUT2D eigenvalue weighted by atomic mass is 10.2. The molecule has 1 atom stereocenters. The van der Waals surface area contributed by atoms with Crippen molar-refractivity contribution in [3.63, 3.8) is 0 Å². The van der Waals surface area contributed by atoms with Gasteiger partial charge in [0.1, 0.15) is 0 Å². The minimum atomic E-state index is 0.528. The van der Waals surface area contributed by atoms with Crippen molar-refractivity contribution in [2.45, 2.75) is 26.0 Å². The summed E-state index contributed by atoms with van der Waals surface area (Å²) in [5, 5.41) is 0. The van der Waals surface area contributed by atoms with Crippen LogP contribution in [0.2, 0.25) is 0 Å². The van der Waals surface area contributed by atoms with Crippen LogP contribution in [0.3, 0.4) is 0 Å². The zero-order chi connectivity index (χ0) is 12.5. The van der Waals surface area contributed by atoms with Gasteiger partial charge in [0.05, 0.1) is 13.2 Å². The van der Waals surface area contributed by atoms with Gasteiger partial charge in [0.2, 0.25) is 0 Å². The minimum absolute atomic E-state index is 0.528. The molecule has 1 unspecified atom stereocenters. The number of ether oxygens (including phenoxy) is 1. The lowest BCUT2D eigenvalue weighted by molar-refractivity contribution is 0.0891. The van der Waals surface area contributed by atoms with E-state index < -0.39 is 0 Å². The fourth-order valence-corrected chi connectivity index (χ4v) is 1.65. The van der Waals surface area contributed by atoms with Gasteiger partial charge in [-0.25, -0.2) is 0 Å². The van der Waals surface area contributed by atoms with E-state index >= 15 is 0 Å². The molecule has 0 aromatic heterocycles. The van der Waals surface area contributed by atoms with Crippen LogP contribution in [-0.4, -0.2) is 37.7 Å². The van der Waals surface area contributed by atoms with E-state index in [1.807, 2.05) is 18.2 Å². The maximum Gasteiger partial charge on any atom is 0.0717 e. The SMILES string of the molecule is CC(CCN)N(C)CCOCc1ccccc1. The average Bonchev–Trinajstić information content (AvgIpc) is 2.36. The van der Waals surface area contributed by atoms with E-state index in [1.165, 1.54) is 5.56 Å². The molecular weight excluding hydrogens is 212 g/mol. The van der Waals surface area contributed by atoms with Gasteiger partial charge in [0.15, 0.2) is 0 Å². The predicted molar refractivity (Wildman–Crippen MR) is 71.9 cm³/mol. The second-order valence-corrected chi connectivity index (χ2v) is 4.45. The Balaban J connectivity index is 2.12. The summed E-state index contributed by atoms with van der Waals surface area (Å²) < 4.78 is 5.65. The first kappa shape index (κ1) is 14.2. The number of likely N-dealkylation sites (N-methyl/N-ethyl adjacent to an activating group) is 1. The minimum Gasteiger partial charge on any atom is -0.375 e. The third-order valence-corrected chi connectivity index (χ3v) is 3.04. The van der Waals surface area contributed by atoms with Gasteiger partial charge in [-0.15, -0.1) is 0 Å². The first-order valence-corrected chi connectivity index (χ1v) is 6.26. The molecule has 0 radical (unpaired) electrons. The molecule has 3 nitrogen and oxygen atoms in total. The van der Waals surface area contributed by atoms with Crippen molar-refractivity contribution in [2.24, 2.45) is 5.73 Å². The molecule has 2 N–H and O–H groups in total. The van der Waals surface area contributed by atoms with Crippen molar-refractivity contribution in [2.75, 3.05) is 26.7 Å². The van der Waals surface area contributed by atoms with Crippen molar-refractivity contribution in [3.8, 4) is 0 Å². The quantitative estimate of drug-likeness (QED) is 0.700. The molecule has 0 saturated heterocycles. The lowest BCUT2D eigenvalue weighted by Crippen LogP contribution is -2.33. The molecule has 17 heavy (non-hydrogen) atoms. The van der Waals surface area contributed by atoms with Crippen molar-refractivity contribution < 1.29 is 4.74 Å². The number of hydrogen-bond donors (Lipinski definition) is 1. The van der Waals surface area contributed by atoms with Crippen LogP contribution in [0, 0.1) is 0 Å². The highest BCUT2D eigenvalue weighted by molar-refractivity contribution is 5.13. The van der Waals surface area contributed by atoms with Crippen LogP contribution in [0.4, 0.5) is 0 Å². The summed E-state index contributed by atoms with van der Waals surface area (Å²) in [5.41, 5.74) is 6.77. The lowest BCUT2D eigenvalue weighted by Gasteiger charge is -2.23. The molecule has 0 aliphatic rings. The Morgan fingerprint density at radius 2 is 2.00 bits per heavy atom. The third-order valence-electron chi connectivity index (χ3n) is 3.04. The van der Waals surface area contributed by atoms with E-state index in [0.29, 0.717) is 12.6 Å². The Morgan fingerprint density at radius 3 is 2.65 bits per heavy atom. The van der Waals surface area contributed by atoms with Crippen LogP contribution in [0.15, 0.2) is 30.3 Å². The Kier molecular flexibility index (Phi) is 6.86. The van der Waals surface area contributed by atoms with Crippen molar-refractivity contribution in [1.82, 2.24) is 4.90 Å². The maximum absolute atomic E-state index is 5.65. The number of nitrogens with two attached hydrogens (primary N) is 1. The molecule has 0 saturated carbocycles. The molecule has 96 valence electrons. The van der Waals surface area contributed by atoms with Gasteiger partial charge < -0.3 is 15.4 Å². The van der Waals surface area contributed by atoms with E-state index in [-0.39, 0.29) is 0 Å². The highest BCUT2D eigenvalue weighted by Gasteiger charge is 2.07. The van der Waals surface area contributed by atoms with Crippen LogP contribution < -0.4 is 5.73 Å². The number of nitrogens with zero attached hydrogens (tertiary/aromatic N) is 1. The van der Waals surface area contributed by atoms with E-state index in [2.05, 4.69) is 31.0 Å². The van der Waals surface area contributed by atoms with Gasteiger partial charge in [-0.3, -0.25) is 0 Å². The molecule has 0 amide bonds. The van der Waals surface area contributed by atoms with Gasteiger partial charge in [0.25, 0.3) is 0 Å². The second-order valence-electron chi connectivity index (χ2n) is 4.45. The Bertz CT molecular complexity index is 290. The monoisotopic (exact) mass is 236 g/mol. The average molecular weight is 236 g/mol. The molecule has 0 aliphatic carbocycles. The van der Waals surface area contributed by atoms with Crippen molar-refractivity contribution in [1.29, 1.82) is 0 Å². The van der Waals surface area contributed by atoms with Gasteiger partial charge in [-0.05, 0) is 32.5 Å². The summed E-state index contributed by atoms with van der Waals surface area (Å²) in [6.45, 7) is 5.36. The Labute approximate surface area is 105 Å². The highest BCUT2D eigenvalue weighted by Crippen LogP contribution is 2.02. The van der Waals surface area contributed by atoms with Crippen LogP contribution in [-0.2, 0) is 11.3 Å². The smallest absolute Gasteiger partial charge is 0.0717 e. The van der Waals surface area contributed by atoms with Crippen LogP contribution >= 0.6 is 0 Å². The molecule has 0 fully saturated rings. The molecular formula is C14H24N2O. The maximum atomic E-state index is 5.65. The summed E-state index contributed by atoms with van der Waals surface area (Å²) in [5.74, 6) is 0. The summed E-state index contributed by atoms with van der Waals surface area (Å²) in [4.78, 5) is 2.29. The van der Waals surface area contributed by atoms with E-state index in [1.54, 1.807) is 0 Å². The molecule has 0 aliphatic heterocycles. The van der Waals surface area contributed by atoms with Gasteiger partial charge in [-0.1, -0.05) is 30.3 Å². The molecule has 0 bridgehead atoms. The van der Waals surface area contributed by atoms with Crippen LogP contribution in [0.5, 0.6) is 0 Å². The zero-order valence-electron chi connectivity index (χ0n) is 10.9. The van der Waals surface area contributed by atoms with Gasteiger partial charge in [0, 0.05) is 12.6 Å². The highest BCUT2D eigenvalue weighted by atomic mass is 16.5. The van der Waals surface area contributed by atoms with Crippen LogP contribution in [0.1, 0.15) is 18.9 Å². The largest absolute Gasteiger partial charge is 0.375 e. The molecule has 0 spiro atoms.